The summed E-state index contributed by atoms with van der Waals surface area (Å²) in [6, 6.07) is 1.31. The fourth-order valence-electron chi connectivity index (χ4n) is 4.04. The maximum absolute atomic E-state index is 14.3. The highest BCUT2D eigenvalue weighted by atomic mass is 35.5. The number of anilines is 2. The van der Waals surface area contributed by atoms with Crippen LogP contribution in [0.1, 0.15) is 40.5 Å². The van der Waals surface area contributed by atoms with Crippen molar-refractivity contribution in [1.82, 2.24) is 5.32 Å². The average molecular weight is 842 g/mol. The molecule has 1 aliphatic rings. The lowest BCUT2D eigenvalue weighted by atomic mass is 10.1. The minimum Gasteiger partial charge on any atom is -0.477 e. The van der Waals surface area contributed by atoms with E-state index in [1.165, 1.54) is 19.2 Å². The van der Waals surface area contributed by atoms with Crippen LogP contribution in [0.2, 0.25) is 10.0 Å². The number of alkyl halides is 6. The number of hydrogen-bond donors (Lipinski definition) is 3. The third-order valence-electron chi connectivity index (χ3n) is 6.66. The van der Waals surface area contributed by atoms with Crippen molar-refractivity contribution < 1.29 is 87.9 Å². The molecule has 14 nitrogen and oxygen atoms in total. The monoisotopic (exact) mass is 841 g/mol. The highest BCUT2D eigenvalue weighted by Crippen LogP contribution is 2.38. The van der Waals surface area contributed by atoms with Crippen LogP contribution in [0.3, 0.4) is 0 Å². The first-order chi connectivity index (χ1) is 25.3. The Morgan fingerprint density at radius 2 is 1.35 bits per heavy atom. The topological polar surface area (TPSA) is 187 Å². The zero-order chi connectivity index (χ0) is 42.2. The summed E-state index contributed by atoms with van der Waals surface area (Å²) < 4.78 is 123. The Bertz CT molecular complexity index is 1790. The van der Waals surface area contributed by atoms with Gasteiger partial charge in [0.15, 0.2) is 12.2 Å². The number of nitrogens with one attached hydrogen (secondary N) is 2. The number of hydrogen-bond acceptors (Lipinski definition) is 11. The summed E-state index contributed by atoms with van der Waals surface area (Å²) in [5, 5.41) is 12.0. The van der Waals surface area contributed by atoms with Gasteiger partial charge in [-0.3, -0.25) is 14.4 Å². The van der Waals surface area contributed by atoms with E-state index in [0.29, 0.717) is 6.07 Å². The number of imide groups is 1. The van der Waals surface area contributed by atoms with Gasteiger partial charge in [-0.1, -0.05) is 23.2 Å². The van der Waals surface area contributed by atoms with E-state index < -0.39 is 102 Å². The fourth-order valence-corrected chi connectivity index (χ4v) is 4.42. The lowest BCUT2D eigenvalue weighted by Crippen LogP contribution is -2.68. The number of halogens is 10. The summed E-state index contributed by atoms with van der Waals surface area (Å²) in [6.45, 7) is 5.90. The molecular formula is C31H29Cl2F8N3O11. The zero-order valence-corrected chi connectivity index (χ0v) is 30.1. The van der Waals surface area contributed by atoms with Crippen LogP contribution >= 0.6 is 23.2 Å². The lowest BCUT2D eigenvalue weighted by Gasteiger charge is -2.38. The van der Waals surface area contributed by atoms with Gasteiger partial charge < -0.3 is 34.7 Å². The molecule has 3 N–H and O–H groups in total. The van der Waals surface area contributed by atoms with Crippen LogP contribution in [0.5, 0.6) is 11.5 Å². The van der Waals surface area contributed by atoms with Crippen LogP contribution < -0.4 is 25.0 Å². The van der Waals surface area contributed by atoms with E-state index in [-0.39, 0.29) is 39.7 Å². The van der Waals surface area contributed by atoms with E-state index in [1.807, 2.05) is 5.32 Å². The molecule has 0 aliphatic carbocycles. The Morgan fingerprint density at radius 3 is 1.78 bits per heavy atom. The molecule has 1 fully saturated rings. The normalized spacial score (nSPS) is 16.8. The lowest BCUT2D eigenvalue weighted by molar-refractivity contribution is -0.269. The number of carbonyl (C=O) groups excluding carboxylic acids is 6. The van der Waals surface area contributed by atoms with Gasteiger partial charge in [0, 0.05) is 12.1 Å². The molecule has 0 radical (unpaired) electrons. The van der Waals surface area contributed by atoms with Crippen LogP contribution in [0, 0.1) is 11.6 Å². The number of ketones is 1. The van der Waals surface area contributed by atoms with Gasteiger partial charge in [0.05, 0.1) is 47.5 Å². The largest absolute Gasteiger partial charge is 0.477 e. The van der Waals surface area contributed by atoms with E-state index in [4.69, 9.17) is 42.1 Å². The number of rotatable bonds is 12. The zero-order valence-electron chi connectivity index (χ0n) is 28.5. The molecule has 0 aromatic heterocycles. The van der Waals surface area contributed by atoms with Gasteiger partial charge in [-0.25, -0.2) is 28.1 Å². The molecule has 4 amide bonds. The second kappa shape index (κ2) is 18.6. The van der Waals surface area contributed by atoms with Crippen molar-refractivity contribution in [1.29, 1.82) is 0 Å². The summed E-state index contributed by atoms with van der Waals surface area (Å²) in [4.78, 5) is 69.7. The van der Waals surface area contributed by atoms with Crippen molar-refractivity contribution in [3.63, 3.8) is 0 Å². The summed E-state index contributed by atoms with van der Waals surface area (Å²) >= 11 is 11.6. The molecule has 304 valence electrons. The molecule has 1 aliphatic heterocycles. The van der Waals surface area contributed by atoms with Gasteiger partial charge in [0.25, 0.3) is 0 Å². The summed E-state index contributed by atoms with van der Waals surface area (Å²) in [7, 11) is 0. The Hall–Kier alpha value is -4.96. The van der Waals surface area contributed by atoms with Crippen LogP contribution in [0.4, 0.5) is 51.3 Å². The van der Waals surface area contributed by atoms with Crippen molar-refractivity contribution in [2.45, 2.75) is 70.8 Å². The number of carbonyl (C=O) groups is 6. The maximum Gasteiger partial charge on any atom is 0.450 e. The van der Waals surface area contributed by atoms with Gasteiger partial charge in [0.1, 0.15) is 23.1 Å². The van der Waals surface area contributed by atoms with Gasteiger partial charge in [-0.05, 0) is 39.8 Å². The number of aliphatic hydroxyl groups is 1. The molecule has 24 heteroatoms. The van der Waals surface area contributed by atoms with E-state index in [0.717, 1.165) is 18.2 Å². The first-order valence-electron chi connectivity index (χ1n) is 15.2. The SMILES string of the molecule is CCOC(=O)C(C)Oc1cc(N2C(=O)CC(O)(C(F)(F)F)NC2=O)c(F)cc1Cl.CCOC(=O)C(C)Oc1cc(NC(=O)CC(=O)C(F)(F)F)c(F)cc1Cl. The molecule has 1 saturated heterocycles. The first-order valence-corrected chi connectivity index (χ1v) is 16.0. The van der Waals surface area contributed by atoms with Gasteiger partial charge >= 0.3 is 30.3 Å². The minimum absolute atomic E-state index is 0.0551. The Labute approximate surface area is 314 Å². The number of amides is 4. The Balaban J connectivity index is 0.000000383. The quantitative estimate of drug-likeness (QED) is 0.134. The average Bonchev–Trinajstić information content (AvgIpc) is 3.04. The Kier molecular flexibility index (Phi) is 15.6. The molecule has 0 saturated carbocycles. The Morgan fingerprint density at radius 1 is 0.873 bits per heavy atom. The minimum atomic E-state index is -5.34. The molecule has 55 heavy (non-hydrogen) atoms. The number of urea groups is 1. The molecule has 2 aromatic carbocycles. The van der Waals surface area contributed by atoms with Gasteiger partial charge in [0.2, 0.25) is 23.3 Å². The predicted molar refractivity (Wildman–Crippen MR) is 172 cm³/mol. The van der Waals surface area contributed by atoms with E-state index in [9.17, 15) is 69.0 Å². The number of nitrogens with zero attached hydrogens (tertiary/aromatic N) is 1. The molecule has 0 bridgehead atoms. The van der Waals surface area contributed by atoms with Crippen LogP contribution in [-0.4, -0.2) is 84.2 Å². The van der Waals surface area contributed by atoms with Crippen LogP contribution in [0.15, 0.2) is 24.3 Å². The summed E-state index contributed by atoms with van der Waals surface area (Å²) in [5.41, 5.74) is -5.15. The predicted octanol–water partition coefficient (Wildman–Crippen LogP) is 5.78. The molecule has 3 unspecified atom stereocenters. The second-order valence-corrected chi connectivity index (χ2v) is 11.7. The van der Waals surface area contributed by atoms with E-state index >= 15 is 0 Å². The van der Waals surface area contributed by atoms with E-state index in [2.05, 4.69) is 0 Å². The standard InChI is InChI=1S/C16H15ClF4N2O6.C15H14ClF4NO5/c1-3-28-13(25)7(2)29-11-5-10(9(18)4-8(11)17)23-12(24)6-15(27,16(19,20)21)22-14(23)26;1-3-25-14(24)7(2)26-11-5-10(9(17)4-8(11)16)21-13(23)6-12(22)15(18,19)20/h4-5,7,27H,3,6H2,1-2H3,(H,22,26);4-5,7H,3,6H2,1-2H3,(H,21,23). The highest BCUT2D eigenvalue weighted by molar-refractivity contribution is 6.32. The molecule has 3 rings (SSSR count). The number of Topliss-reactive ketones (excluding diaryl/α,β-unsaturated/α-hetero) is 1. The maximum atomic E-state index is 14.3. The van der Waals surface area contributed by atoms with Crippen LogP contribution in [-0.2, 0) is 33.4 Å². The van der Waals surface area contributed by atoms with Crippen molar-refractivity contribution in [3.05, 3.63) is 45.9 Å². The first kappa shape index (κ1) is 46.2. The summed E-state index contributed by atoms with van der Waals surface area (Å²) in [5.74, 6) is -9.54. The molecule has 3 atom stereocenters. The number of ether oxygens (including phenoxy) is 4. The fraction of sp³-hybridized carbons (Fsp3) is 0.419. The summed E-state index contributed by atoms with van der Waals surface area (Å²) in [6.07, 6.45) is -15.9. The van der Waals surface area contributed by atoms with Crippen molar-refractivity contribution in [2.75, 3.05) is 23.4 Å². The molecule has 0 spiro atoms. The molecule has 2 aromatic rings. The molecular weight excluding hydrogens is 813 g/mol. The molecule has 1 heterocycles. The van der Waals surface area contributed by atoms with Crippen molar-refractivity contribution in [3.8, 4) is 11.5 Å². The van der Waals surface area contributed by atoms with Gasteiger partial charge in [-0.2, -0.15) is 26.3 Å². The van der Waals surface area contributed by atoms with Crippen molar-refractivity contribution >= 4 is 70.1 Å². The van der Waals surface area contributed by atoms with Crippen molar-refractivity contribution in [2.24, 2.45) is 0 Å². The third-order valence-corrected chi connectivity index (χ3v) is 7.25. The number of esters is 2. The smallest absolute Gasteiger partial charge is 0.450 e. The van der Waals surface area contributed by atoms with Crippen LogP contribution in [0.25, 0.3) is 0 Å². The third kappa shape index (κ3) is 12.3. The van der Waals surface area contributed by atoms with E-state index in [1.54, 1.807) is 13.8 Å². The number of benzene rings is 2. The second-order valence-electron chi connectivity index (χ2n) is 10.9. The van der Waals surface area contributed by atoms with Gasteiger partial charge in [-0.15, -0.1) is 0 Å². The highest BCUT2D eigenvalue weighted by Gasteiger charge is 2.60.